The first kappa shape index (κ1) is 16.1. The summed E-state index contributed by atoms with van der Waals surface area (Å²) in [5, 5.41) is 0. The van der Waals surface area contributed by atoms with Gasteiger partial charge in [0.1, 0.15) is 5.82 Å². The molecule has 0 aliphatic carbocycles. The Morgan fingerprint density at radius 1 is 1.17 bits per heavy atom. The number of halogens is 1. The van der Waals surface area contributed by atoms with Crippen LogP contribution in [-0.4, -0.2) is 22.4 Å². The van der Waals surface area contributed by atoms with E-state index in [-0.39, 0.29) is 17.1 Å². The van der Waals surface area contributed by atoms with Gasteiger partial charge in [-0.05, 0) is 30.0 Å². The summed E-state index contributed by atoms with van der Waals surface area (Å²) in [6, 6.07) is 6.10. The van der Waals surface area contributed by atoms with Gasteiger partial charge in [-0.3, -0.25) is 9.69 Å². The molecule has 0 unspecified atom stereocenters. The molecule has 1 aliphatic heterocycles. The highest BCUT2D eigenvalue weighted by Crippen LogP contribution is 2.31. The van der Waals surface area contributed by atoms with Gasteiger partial charge in [-0.15, -0.1) is 0 Å². The maximum absolute atomic E-state index is 13.1. The number of aromatic nitrogens is 2. The van der Waals surface area contributed by atoms with Gasteiger partial charge in [0.15, 0.2) is 0 Å². The topological polar surface area (TPSA) is 46.1 Å². The average Bonchev–Trinajstić information content (AvgIpc) is 2.53. The molecule has 1 aromatic carbocycles. The van der Waals surface area contributed by atoms with Crippen molar-refractivity contribution in [3.8, 4) is 11.8 Å². The van der Waals surface area contributed by atoms with Crippen molar-refractivity contribution in [1.29, 1.82) is 0 Å². The van der Waals surface area contributed by atoms with Crippen LogP contribution in [0.2, 0.25) is 0 Å². The summed E-state index contributed by atoms with van der Waals surface area (Å²) in [5.74, 6) is 5.90. The molecule has 4 nitrogen and oxygen atoms in total. The van der Waals surface area contributed by atoms with Crippen molar-refractivity contribution < 1.29 is 9.18 Å². The molecular formula is C19H18FN3O. The second-order valence-corrected chi connectivity index (χ2v) is 6.67. The second-order valence-electron chi connectivity index (χ2n) is 6.67. The van der Waals surface area contributed by atoms with Crippen molar-refractivity contribution in [2.45, 2.75) is 26.7 Å². The van der Waals surface area contributed by atoms with Crippen molar-refractivity contribution in [2.75, 3.05) is 11.4 Å². The first-order valence-corrected chi connectivity index (χ1v) is 7.83. The Hall–Kier alpha value is -2.74. The summed E-state index contributed by atoms with van der Waals surface area (Å²) in [7, 11) is 0. The maximum atomic E-state index is 13.1. The predicted molar refractivity (Wildman–Crippen MR) is 89.8 cm³/mol. The van der Waals surface area contributed by atoms with Crippen molar-refractivity contribution in [3.05, 3.63) is 53.6 Å². The molecule has 0 radical (unpaired) electrons. The molecule has 0 saturated carbocycles. The molecule has 122 valence electrons. The highest BCUT2D eigenvalue weighted by molar-refractivity contribution is 5.92. The Kier molecular flexibility index (Phi) is 4.30. The van der Waals surface area contributed by atoms with Crippen LogP contribution in [0.5, 0.6) is 0 Å². The molecule has 0 spiro atoms. The van der Waals surface area contributed by atoms with E-state index in [0.717, 1.165) is 6.42 Å². The van der Waals surface area contributed by atoms with Crippen LogP contribution in [0.25, 0.3) is 0 Å². The zero-order valence-electron chi connectivity index (χ0n) is 13.7. The monoisotopic (exact) mass is 323 g/mol. The van der Waals surface area contributed by atoms with Crippen molar-refractivity contribution in [2.24, 2.45) is 5.41 Å². The normalized spacial score (nSPS) is 16.5. The van der Waals surface area contributed by atoms with E-state index in [4.69, 9.17) is 0 Å². The first-order chi connectivity index (χ1) is 11.4. The van der Waals surface area contributed by atoms with Gasteiger partial charge >= 0.3 is 0 Å². The number of hydrogen-bond donors (Lipinski definition) is 0. The number of amides is 1. The number of anilines is 1. The molecule has 1 saturated heterocycles. The minimum atomic E-state index is -0.320. The molecule has 1 aliphatic rings. The number of rotatable bonds is 1. The third kappa shape index (κ3) is 3.77. The minimum absolute atomic E-state index is 0.0317. The largest absolute Gasteiger partial charge is 0.281 e. The highest BCUT2D eigenvalue weighted by atomic mass is 19.1. The van der Waals surface area contributed by atoms with Gasteiger partial charge in [-0.2, -0.15) is 0 Å². The lowest BCUT2D eigenvalue weighted by Gasteiger charge is -2.35. The van der Waals surface area contributed by atoms with Crippen LogP contribution in [0.1, 0.15) is 37.8 Å². The van der Waals surface area contributed by atoms with Crippen molar-refractivity contribution in [1.82, 2.24) is 9.97 Å². The van der Waals surface area contributed by atoms with Crippen molar-refractivity contribution in [3.63, 3.8) is 0 Å². The van der Waals surface area contributed by atoms with Gasteiger partial charge < -0.3 is 0 Å². The maximum Gasteiger partial charge on any atom is 0.232 e. The molecule has 2 heterocycles. The summed E-state index contributed by atoms with van der Waals surface area (Å²) in [5.41, 5.74) is 1.24. The average molecular weight is 323 g/mol. The van der Waals surface area contributed by atoms with E-state index in [1.807, 2.05) is 0 Å². The summed E-state index contributed by atoms with van der Waals surface area (Å²) in [6.45, 7) is 4.81. The smallest absolute Gasteiger partial charge is 0.232 e. The molecule has 1 amide bonds. The third-order valence-corrected chi connectivity index (χ3v) is 4.00. The first-order valence-electron chi connectivity index (χ1n) is 7.83. The second kappa shape index (κ2) is 6.40. The third-order valence-electron chi connectivity index (χ3n) is 4.00. The molecular weight excluding hydrogens is 305 g/mol. The van der Waals surface area contributed by atoms with Crippen LogP contribution in [-0.2, 0) is 4.79 Å². The standard InChI is InChI=1S/C19H18FN3O/c1-19(2)8-9-23(17(24)11-19)18-21-12-15(13-22-18)7-6-14-4-3-5-16(20)10-14/h3-5,10,12-13H,8-9,11H2,1-2H3. The lowest BCUT2D eigenvalue weighted by Crippen LogP contribution is -2.42. The molecule has 24 heavy (non-hydrogen) atoms. The highest BCUT2D eigenvalue weighted by Gasteiger charge is 2.33. The summed E-state index contributed by atoms with van der Waals surface area (Å²) in [6.07, 6.45) is 4.59. The van der Waals surface area contributed by atoms with Crippen LogP contribution < -0.4 is 4.90 Å². The Morgan fingerprint density at radius 2 is 1.88 bits per heavy atom. The Bertz CT molecular complexity index is 818. The number of nitrogens with zero attached hydrogens (tertiary/aromatic N) is 3. The lowest BCUT2D eigenvalue weighted by molar-refractivity contribution is -0.122. The van der Waals surface area contributed by atoms with E-state index in [1.54, 1.807) is 29.4 Å². The van der Waals surface area contributed by atoms with E-state index in [2.05, 4.69) is 35.7 Å². The SMILES string of the molecule is CC1(C)CCN(c2ncc(C#Cc3cccc(F)c3)cn2)C(=O)C1. The van der Waals surface area contributed by atoms with Gasteiger partial charge in [0.2, 0.25) is 11.9 Å². The van der Waals surface area contributed by atoms with Crippen LogP contribution in [0, 0.1) is 23.1 Å². The Balaban J connectivity index is 1.74. The van der Waals surface area contributed by atoms with E-state index in [9.17, 15) is 9.18 Å². The molecule has 2 aromatic rings. The molecule has 0 bridgehead atoms. The minimum Gasteiger partial charge on any atom is -0.281 e. The fourth-order valence-electron chi connectivity index (χ4n) is 2.58. The van der Waals surface area contributed by atoms with Gasteiger partial charge in [-0.25, -0.2) is 14.4 Å². The molecule has 1 aromatic heterocycles. The van der Waals surface area contributed by atoms with Gasteiger partial charge in [0.25, 0.3) is 0 Å². The zero-order valence-corrected chi connectivity index (χ0v) is 13.7. The Morgan fingerprint density at radius 3 is 2.54 bits per heavy atom. The van der Waals surface area contributed by atoms with Gasteiger partial charge in [0.05, 0.1) is 5.56 Å². The molecule has 0 N–H and O–H groups in total. The lowest BCUT2D eigenvalue weighted by atomic mass is 9.82. The molecule has 3 rings (SSSR count). The van der Waals surface area contributed by atoms with Crippen LogP contribution >= 0.6 is 0 Å². The number of piperidine rings is 1. The number of carbonyl (C=O) groups excluding carboxylic acids is 1. The number of carbonyl (C=O) groups is 1. The number of hydrogen-bond acceptors (Lipinski definition) is 3. The molecule has 1 fully saturated rings. The van der Waals surface area contributed by atoms with Crippen LogP contribution in [0.3, 0.4) is 0 Å². The van der Waals surface area contributed by atoms with Crippen LogP contribution in [0.15, 0.2) is 36.7 Å². The summed E-state index contributed by atoms with van der Waals surface area (Å²) < 4.78 is 13.1. The van der Waals surface area contributed by atoms with Crippen molar-refractivity contribution >= 4 is 11.9 Å². The van der Waals surface area contributed by atoms with E-state index in [1.165, 1.54) is 12.1 Å². The van der Waals surface area contributed by atoms with E-state index < -0.39 is 0 Å². The predicted octanol–water partition coefficient (Wildman–Crippen LogP) is 3.17. The summed E-state index contributed by atoms with van der Waals surface area (Å²) in [4.78, 5) is 22.3. The van der Waals surface area contributed by atoms with E-state index in [0.29, 0.717) is 30.0 Å². The fraction of sp³-hybridized carbons (Fsp3) is 0.316. The number of benzene rings is 1. The molecule has 5 heteroatoms. The van der Waals surface area contributed by atoms with Gasteiger partial charge in [0, 0.05) is 30.9 Å². The zero-order chi connectivity index (χ0) is 17.2. The quantitative estimate of drug-likeness (QED) is 0.757. The summed E-state index contributed by atoms with van der Waals surface area (Å²) >= 11 is 0. The molecule has 0 atom stereocenters. The van der Waals surface area contributed by atoms with E-state index >= 15 is 0 Å². The van der Waals surface area contributed by atoms with Crippen LogP contribution in [0.4, 0.5) is 10.3 Å². The Labute approximate surface area is 140 Å². The fourth-order valence-corrected chi connectivity index (χ4v) is 2.58. The van der Waals surface area contributed by atoms with Gasteiger partial charge in [-0.1, -0.05) is 31.8 Å².